The topological polar surface area (TPSA) is 94.1 Å². The summed E-state index contributed by atoms with van der Waals surface area (Å²) in [6.07, 6.45) is 21.2. The van der Waals surface area contributed by atoms with E-state index in [2.05, 4.69) is 21.0 Å². The molecule has 2 rings (SSSR count). The van der Waals surface area contributed by atoms with Gasteiger partial charge in [-0.1, -0.05) is 90.4 Å². The van der Waals surface area contributed by atoms with Gasteiger partial charge in [0, 0.05) is 39.2 Å². The highest BCUT2D eigenvalue weighted by atomic mass is 31.2. The van der Waals surface area contributed by atoms with Gasteiger partial charge in [-0.3, -0.25) is 9.36 Å². The van der Waals surface area contributed by atoms with Crippen LogP contribution in [-0.4, -0.2) is 68.7 Å². The number of quaternary nitrogens is 1. The van der Waals surface area contributed by atoms with E-state index in [1.807, 2.05) is 0 Å². The van der Waals surface area contributed by atoms with Crippen LogP contribution in [0.4, 0.5) is 0 Å². The molecule has 9 heteroatoms. The Labute approximate surface area is 251 Å². The molecule has 41 heavy (non-hydrogen) atoms. The Balaban J connectivity index is 1.54. The van der Waals surface area contributed by atoms with Crippen molar-refractivity contribution in [2.45, 2.75) is 161 Å². The fourth-order valence-electron chi connectivity index (χ4n) is 6.68. The number of hydrogen-bond donors (Lipinski definition) is 0. The molecule has 0 saturated carbocycles. The second-order valence-electron chi connectivity index (χ2n) is 13.2. The number of carbonyl (C=O) groups is 1. The van der Waals surface area contributed by atoms with E-state index in [1.165, 1.54) is 96.8 Å². The van der Waals surface area contributed by atoms with Gasteiger partial charge >= 0.3 is 5.97 Å². The number of fused-ring (bicyclic) bond motifs is 2. The molecule has 0 aromatic rings. The van der Waals surface area contributed by atoms with Crippen LogP contribution in [0.3, 0.4) is 0 Å². The third kappa shape index (κ3) is 14.7. The predicted molar refractivity (Wildman–Crippen MR) is 162 cm³/mol. The summed E-state index contributed by atoms with van der Waals surface area (Å²) in [5.41, 5.74) is 0. The van der Waals surface area contributed by atoms with Crippen molar-refractivity contribution in [2.24, 2.45) is 5.92 Å². The number of esters is 1. The number of rotatable bonds is 24. The van der Waals surface area contributed by atoms with Gasteiger partial charge in [0.05, 0.1) is 45.5 Å². The first-order chi connectivity index (χ1) is 19.5. The first kappa shape index (κ1) is 36.7. The fraction of sp³-hybridized carbons (Fsp3) is 0.969. The molecule has 2 bridgehead atoms. The maximum absolute atomic E-state index is 12.5. The standard InChI is InChI=1S/C32H62NO7P/c1-6-7-8-9-10-11-12-13-14-15-16-17-18-19-22-37-27(2)32(40-28(3)34)26-39-41(35,36)38-25-29-23-30-20-21-31(24-29)33(30,4)5/h27,29-32H,6-26H2,1-5H3. The molecule has 2 fully saturated rings. The summed E-state index contributed by atoms with van der Waals surface area (Å²) in [5.74, 6) is -0.272. The summed E-state index contributed by atoms with van der Waals surface area (Å²) in [6.45, 7) is 5.74. The van der Waals surface area contributed by atoms with Crippen LogP contribution in [0, 0.1) is 5.92 Å². The highest BCUT2D eigenvalue weighted by Crippen LogP contribution is 2.45. The molecule has 2 heterocycles. The zero-order valence-electron chi connectivity index (χ0n) is 27.0. The Morgan fingerprint density at radius 2 is 1.34 bits per heavy atom. The molecule has 0 radical (unpaired) electrons. The van der Waals surface area contributed by atoms with Gasteiger partial charge in [0.1, 0.15) is 0 Å². The van der Waals surface area contributed by atoms with Gasteiger partial charge in [0.2, 0.25) is 0 Å². The van der Waals surface area contributed by atoms with Gasteiger partial charge < -0.3 is 27.9 Å². The van der Waals surface area contributed by atoms with E-state index in [9.17, 15) is 14.3 Å². The van der Waals surface area contributed by atoms with Crippen LogP contribution >= 0.6 is 7.82 Å². The minimum absolute atomic E-state index is 0.150. The maximum atomic E-state index is 12.5. The zero-order valence-corrected chi connectivity index (χ0v) is 27.9. The second-order valence-corrected chi connectivity index (χ2v) is 14.6. The molecular formula is C32H62NO7P. The van der Waals surface area contributed by atoms with E-state index in [1.54, 1.807) is 6.92 Å². The predicted octanol–water partition coefficient (Wildman–Crippen LogP) is 7.32. The quantitative estimate of drug-likeness (QED) is 0.0494. The molecule has 8 nitrogen and oxygen atoms in total. The number of ether oxygens (including phenoxy) is 2. The zero-order chi connectivity index (χ0) is 30.1. The van der Waals surface area contributed by atoms with E-state index in [4.69, 9.17) is 18.5 Å². The molecule has 5 unspecified atom stereocenters. The largest absolute Gasteiger partial charge is 0.756 e. The van der Waals surface area contributed by atoms with Gasteiger partial charge in [0.15, 0.2) is 6.10 Å². The Morgan fingerprint density at radius 3 is 1.83 bits per heavy atom. The van der Waals surface area contributed by atoms with Crippen LogP contribution in [0.1, 0.15) is 136 Å². The highest BCUT2D eigenvalue weighted by Gasteiger charge is 2.48. The molecule has 0 amide bonds. The lowest BCUT2D eigenvalue weighted by Crippen LogP contribution is -2.54. The number of carbonyl (C=O) groups excluding carboxylic acids is 1. The minimum Gasteiger partial charge on any atom is -0.756 e. The Morgan fingerprint density at radius 1 is 0.854 bits per heavy atom. The van der Waals surface area contributed by atoms with Crippen molar-refractivity contribution in [3.8, 4) is 0 Å². The fourth-order valence-corrected chi connectivity index (χ4v) is 7.48. The number of piperidine rings is 1. The second kappa shape index (κ2) is 19.7. The summed E-state index contributed by atoms with van der Waals surface area (Å²) in [6, 6.07) is 1.14. The average Bonchev–Trinajstić information content (AvgIpc) is 3.07. The Bertz CT molecular complexity index is 748. The summed E-state index contributed by atoms with van der Waals surface area (Å²) in [5, 5.41) is 0. The SMILES string of the molecule is CCCCCCCCCCCCCCCCOC(C)C(COP(=O)([O-])OCC1CC2CCC(C1)[N+]2(C)C)OC(C)=O. The van der Waals surface area contributed by atoms with Crippen molar-refractivity contribution in [1.29, 1.82) is 0 Å². The average molecular weight is 604 g/mol. The van der Waals surface area contributed by atoms with Gasteiger partial charge in [-0.2, -0.15) is 0 Å². The molecule has 242 valence electrons. The van der Waals surface area contributed by atoms with E-state index in [0.717, 1.165) is 30.2 Å². The molecule has 0 aromatic heterocycles. The lowest BCUT2D eigenvalue weighted by Gasteiger charge is -2.44. The monoisotopic (exact) mass is 603 g/mol. The van der Waals surface area contributed by atoms with Gasteiger partial charge in [-0.25, -0.2) is 0 Å². The van der Waals surface area contributed by atoms with Crippen molar-refractivity contribution in [2.75, 3.05) is 33.9 Å². The Kier molecular flexibility index (Phi) is 17.6. The third-order valence-electron chi connectivity index (χ3n) is 9.51. The van der Waals surface area contributed by atoms with Gasteiger partial charge in [-0.05, 0) is 19.3 Å². The Hall–Kier alpha value is -0.500. The molecule has 0 N–H and O–H groups in total. The summed E-state index contributed by atoms with van der Waals surface area (Å²) in [7, 11) is 0.0408. The molecule has 5 atom stereocenters. The summed E-state index contributed by atoms with van der Waals surface area (Å²) < 4.78 is 35.2. The summed E-state index contributed by atoms with van der Waals surface area (Å²) in [4.78, 5) is 24.1. The van der Waals surface area contributed by atoms with Crippen LogP contribution in [0.5, 0.6) is 0 Å². The smallest absolute Gasteiger partial charge is 0.303 e. The molecule has 2 aliphatic rings. The van der Waals surface area contributed by atoms with Crippen LogP contribution < -0.4 is 4.89 Å². The maximum Gasteiger partial charge on any atom is 0.303 e. The summed E-state index contributed by atoms with van der Waals surface area (Å²) >= 11 is 0. The first-order valence-electron chi connectivity index (χ1n) is 16.8. The highest BCUT2D eigenvalue weighted by molar-refractivity contribution is 7.45. The van der Waals surface area contributed by atoms with Crippen molar-refractivity contribution < 1.29 is 37.3 Å². The third-order valence-corrected chi connectivity index (χ3v) is 10.4. The van der Waals surface area contributed by atoms with Crippen molar-refractivity contribution in [3.63, 3.8) is 0 Å². The lowest BCUT2D eigenvalue weighted by molar-refractivity contribution is -0.931. The molecule has 2 saturated heterocycles. The van der Waals surface area contributed by atoms with Gasteiger partial charge in [0.25, 0.3) is 7.82 Å². The molecular weight excluding hydrogens is 541 g/mol. The van der Waals surface area contributed by atoms with Crippen molar-refractivity contribution >= 4 is 13.8 Å². The molecule has 0 spiro atoms. The minimum atomic E-state index is -4.51. The number of phosphoric acid groups is 1. The van der Waals surface area contributed by atoms with E-state index >= 15 is 0 Å². The van der Waals surface area contributed by atoms with E-state index in [0.29, 0.717) is 18.7 Å². The van der Waals surface area contributed by atoms with Crippen LogP contribution in [0.25, 0.3) is 0 Å². The molecule has 0 aromatic carbocycles. The van der Waals surface area contributed by atoms with E-state index < -0.39 is 26.0 Å². The lowest BCUT2D eigenvalue weighted by atomic mass is 9.90. The number of hydrogen-bond acceptors (Lipinski definition) is 7. The number of unbranched alkanes of at least 4 members (excludes halogenated alkanes) is 13. The number of nitrogens with zero attached hydrogens (tertiary/aromatic N) is 1. The van der Waals surface area contributed by atoms with Crippen LogP contribution in [0.15, 0.2) is 0 Å². The first-order valence-corrected chi connectivity index (χ1v) is 18.2. The van der Waals surface area contributed by atoms with Crippen molar-refractivity contribution in [1.82, 2.24) is 0 Å². The van der Waals surface area contributed by atoms with Crippen LogP contribution in [-0.2, 0) is 27.9 Å². The van der Waals surface area contributed by atoms with Gasteiger partial charge in [-0.15, -0.1) is 0 Å². The molecule has 2 aliphatic heterocycles. The number of phosphoric ester groups is 1. The van der Waals surface area contributed by atoms with Crippen LogP contribution in [0.2, 0.25) is 0 Å². The molecule has 0 aliphatic carbocycles. The normalized spacial score (nSPS) is 24.6. The van der Waals surface area contributed by atoms with Crippen molar-refractivity contribution in [3.05, 3.63) is 0 Å². The van der Waals surface area contributed by atoms with E-state index in [-0.39, 0.29) is 19.1 Å².